The number of fused-ring (bicyclic) bond motifs is 1. The van der Waals surface area contributed by atoms with Gasteiger partial charge in [0.1, 0.15) is 11.5 Å². The molecule has 0 aliphatic carbocycles. The summed E-state index contributed by atoms with van der Waals surface area (Å²) in [7, 11) is 3.23. The van der Waals surface area contributed by atoms with Crippen LogP contribution < -0.4 is 9.47 Å². The van der Waals surface area contributed by atoms with Crippen LogP contribution in [0.1, 0.15) is 33.9 Å². The van der Waals surface area contributed by atoms with Crippen molar-refractivity contribution in [3.8, 4) is 11.5 Å². The highest BCUT2D eigenvalue weighted by Gasteiger charge is 2.34. The fourth-order valence-corrected chi connectivity index (χ4v) is 4.06. The SMILES string of the molecule is COc1ccc(C(=O)N2N=C(c3ccccc3OC)C[C@@H]2c2ccc3nccnc3c2)cc1. The molecule has 33 heavy (non-hydrogen) atoms. The Morgan fingerprint density at radius 1 is 0.909 bits per heavy atom. The van der Waals surface area contributed by atoms with Gasteiger partial charge in [-0.05, 0) is 54.1 Å². The standard InChI is InChI=1S/C26H22N4O3/c1-32-19-10-7-17(8-11-19)26(31)30-24(18-9-12-21-23(15-18)28-14-13-27-21)16-22(29-30)20-5-3-4-6-25(20)33-2/h3-15,24H,16H2,1-2H3/t24-/m1/s1. The Morgan fingerprint density at radius 2 is 1.67 bits per heavy atom. The molecule has 7 heteroatoms. The number of benzene rings is 3. The lowest BCUT2D eigenvalue weighted by molar-refractivity contribution is 0.0711. The zero-order valence-corrected chi connectivity index (χ0v) is 18.3. The number of carbonyl (C=O) groups is 1. The van der Waals surface area contributed by atoms with Crippen molar-refractivity contribution in [1.29, 1.82) is 0 Å². The number of hydrazone groups is 1. The van der Waals surface area contributed by atoms with Gasteiger partial charge in [0.2, 0.25) is 0 Å². The summed E-state index contributed by atoms with van der Waals surface area (Å²) >= 11 is 0. The summed E-state index contributed by atoms with van der Waals surface area (Å²) in [4.78, 5) is 22.3. The lowest BCUT2D eigenvalue weighted by Gasteiger charge is -2.22. The van der Waals surface area contributed by atoms with Crippen LogP contribution in [0.5, 0.6) is 11.5 Å². The Hall–Kier alpha value is -4.26. The summed E-state index contributed by atoms with van der Waals surface area (Å²) in [6.07, 6.45) is 3.88. The summed E-state index contributed by atoms with van der Waals surface area (Å²) in [6, 6.07) is 20.4. The molecule has 4 aromatic rings. The van der Waals surface area contributed by atoms with Crippen molar-refractivity contribution in [3.05, 3.63) is 95.8 Å². The zero-order chi connectivity index (χ0) is 22.8. The molecule has 0 fully saturated rings. The van der Waals surface area contributed by atoms with Gasteiger partial charge in [-0.2, -0.15) is 5.10 Å². The predicted molar refractivity (Wildman–Crippen MR) is 126 cm³/mol. The molecule has 164 valence electrons. The first-order valence-electron chi connectivity index (χ1n) is 10.6. The highest BCUT2D eigenvalue weighted by atomic mass is 16.5. The molecule has 0 spiro atoms. The monoisotopic (exact) mass is 438 g/mol. The summed E-state index contributed by atoms with van der Waals surface area (Å²) in [5.74, 6) is 1.22. The fourth-order valence-electron chi connectivity index (χ4n) is 4.06. The van der Waals surface area contributed by atoms with Crippen molar-refractivity contribution in [1.82, 2.24) is 15.0 Å². The van der Waals surface area contributed by atoms with Gasteiger partial charge in [0.25, 0.3) is 5.91 Å². The topological polar surface area (TPSA) is 76.9 Å². The molecule has 0 saturated carbocycles. The number of para-hydroxylation sites is 1. The third kappa shape index (κ3) is 3.89. The predicted octanol–water partition coefficient (Wildman–Crippen LogP) is 4.64. The molecule has 1 aromatic heterocycles. The fraction of sp³-hybridized carbons (Fsp3) is 0.154. The maximum Gasteiger partial charge on any atom is 0.274 e. The third-order valence-electron chi connectivity index (χ3n) is 5.75. The maximum atomic E-state index is 13.5. The molecule has 0 radical (unpaired) electrons. The highest BCUT2D eigenvalue weighted by Crippen LogP contribution is 2.36. The summed E-state index contributed by atoms with van der Waals surface area (Å²) < 4.78 is 10.8. The summed E-state index contributed by atoms with van der Waals surface area (Å²) in [5, 5.41) is 6.33. The number of rotatable bonds is 5. The van der Waals surface area contributed by atoms with Gasteiger partial charge in [-0.3, -0.25) is 14.8 Å². The van der Waals surface area contributed by atoms with Crippen LogP contribution in [0.2, 0.25) is 0 Å². The van der Waals surface area contributed by atoms with Crippen LogP contribution in [0.15, 0.2) is 84.2 Å². The van der Waals surface area contributed by atoms with Gasteiger partial charge in [0, 0.05) is 29.9 Å². The Kier molecular flexibility index (Phi) is 5.44. The van der Waals surface area contributed by atoms with Crippen LogP contribution in [0.3, 0.4) is 0 Å². The van der Waals surface area contributed by atoms with Crippen LogP contribution in [-0.4, -0.2) is 40.8 Å². The van der Waals surface area contributed by atoms with Gasteiger partial charge in [0.05, 0.1) is 37.0 Å². The van der Waals surface area contributed by atoms with Crippen molar-refractivity contribution in [2.24, 2.45) is 5.10 Å². The molecule has 0 bridgehead atoms. The van der Waals surface area contributed by atoms with Gasteiger partial charge in [-0.15, -0.1) is 0 Å². The molecule has 0 saturated heterocycles. The van der Waals surface area contributed by atoms with E-state index >= 15 is 0 Å². The van der Waals surface area contributed by atoms with E-state index in [0.29, 0.717) is 17.7 Å². The summed E-state index contributed by atoms with van der Waals surface area (Å²) in [5.41, 5.74) is 4.72. The first-order chi connectivity index (χ1) is 16.2. The third-order valence-corrected chi connectivity index (χ3v) is 5.75. The Morgan fingerprint density at radius 3 is 2.42 bits per heavy atom. The first kappa shape index (κ1) is 20.6. The number of nitrogens with zero attached hydrogens (tertiary/aromatic N) is 4. The molecule has 1 aliphatic rings. The average molecular weight is 438 g/mol. The molecule has 3 aromatic carbocycles. The van der Waals surface area contributed by atoms with E-state index in [2.05, 4.69) is 9.97 Å². The van der Waals surface area contributed by atoms with Crippen molar-refractivity contribution >= 4 is 22.7 Å². The van der Waals surface area contributed by atoms with E-state index < -0.39 is 0 Å². The second-order valence-electron chi connectivity index (χ2n) is 7.65. The van der Waals surface area contributed by atoms with E-state index in [4.69, 9.17) is 14.6 Å². The molecule has 5 rings (SSSR count). The number of ether oxygens (including phenoxy) is 2. The largest absolute Gasteiger partial charge is 0.497 e. The van der Waals surface area contributed by atoms with Crippen molar-refractivity contribution in [2.45, 2.75) is 12.5 Å². The van der Waals surface area contributed by atoms with E-state index in [9.17, 15) is 4.79 Å². The maximum absolute atomic E-state index is 13.5. The van der Waals surface area contributed by atoms with Crippen LogP contribution in [0.25, 0.3) is 11.0 Å². The van der Waals surface area contributed by atoms with Gasteiger partial charge >= 0.3 is 0 Å². The highest BCUT2D eigenvalue weighted by molar-refractivity contribution is 6.06. The molecule has 7 nitrogen and oxygen atoms in total. The minimum atomic E-state index is -0.286. The molecular formula is C26H22N4O3. The minimum absolute atomic E-state index is 0.188. The Balaban J connectivity index is 1.57. The van der Waals surface area contributed by atoms with Gasteiger partial charge in [-0.25, -0.2) is 5.01 Å². The molecule has 1 aliphatic heterocycles. The Labute approximate surface area is 191 Å². The second kappa shape index (κ2) is 8.70. The van der Waals surface area contributed by atoms with Crippen LogP contribution in [0.4, 0.5) is 0 Å². The van der Waals surface area contributed by atoms with Gasteiger partial charge in [-0.1, -0.05) is 18.2 Å². The lowest BCUT2D eigenvalue weighted by atomic mass is 9.97. The molecule has 0 N–H and O–H groups in total. The normalized spacial score (nSPS) is 15.4. The van der Waals surface area contributed by atoms with Crippen LogP contribution in [-0.2, 0) is 0 Å². The van der Waals surface area contributed by atoms with E-state index in [1.54, 1.807) is 55.9 Å². The smallest absolute Gasteiger partial charge is 0.274 e. The number of aromatic nitrogens is 2. The first-order valence-corrected chi connectivity index (χ1v) is 10.6. The number of hydrogen-bond acceptors (Lipinski definition) is 6. The number of carbonyl (C=O) groups excluding carboxylic acids is 1. The van der Waals surface area contributed by atoms with Crippen LogP contribution >= 0.6 is 0 Å². The number of amides is 1. The van der Waals surface area contributed by atoms with E-state index in [1.165, 1.54) is 0 Å². The summed E-state index contributed by atoms with van der Waals surface area (Å²) in [6.45, 7) is 0. The second-order valence-corrected chi connectivity index (χ2v) is 7.65. The van der Waals surface area contributed by atoms with E-state index in [-0.39, 0.29) is 11.9 Å². The quantitative estimate of drug-likeness (QED) is 0.454. The minimum Gasteiger partial charge on any atom is -0.497 e. The molecule has 2 heterocycles. The van der Waals surface area contributed by atoms with E-state index in [1.807, 2.05) is 42.5 Å². The zero-order valence-electron chi connectivity index (χ0n) is 18.3. The van der Waals surface area contributed by atoms with Gasteiger partial charge < -0.3 is 9.47 Å². The number of methoxy groups -OCH3 is 2. The number of hydrogen-bond donors (Lipinski definition) is 0. The molecular weight excluding hydrogens is 416 g/mol. The van der Waals surface area contributed by atoms with Gasteiger partial charge in [0.15, 0.2) is 0 Å². The molecule has 1 atom stereocenters. The van der Waals surface area contributed by atoms with Crippen molar-refractivity contribution in [3.63, 3.8) is 0 Å². The lowest BCUT2D eigenvalue weighted by Crippen LogP contribution is -2.27. The van der Waals surface area contributed by atoms with E-state index in [0.717, 1.165) is 33.6 Å². The van der Waals surface area contributed by atoms with Crippen molar-refractivity contribution in [2.75, 3.05) is 14.2 Å². The van der Waals surface area contributed by atoms with Crippen LogP contribution in [0, 0.1) is 0 Å². The Bertz CT molecular complexity index is 1350. The molecule has 0 unspecified atom stereocenters. The average Bonchev–Trinajstić information content (AvgIpc) is 3.33. The molecule has 1 amide bonds. The van der Waals surface area contributed by atoms with Crippen molar-refractivity contribution < 1.29 is 14.3 Å².